The SMILES string of the molecule is c1ccc(C2CCN(CCCNC3CC3)C2)cc1. The van der Waals surface area contributed by atoms with Crippen molar-refractivity contribution in [3.8, 4) is 0 Å². The van der Waals surface area contributed by atoms with Crippen molar-refractivity contribution in [2.45, 2.75) is 37.6 Å². The Kier molecular flexibility index (Phi) is 3.96. The van der Waals surface area contributed by atoms with Gasteiger partial charge >= 0.3 is 0 Å². The maximum absolute atomic E-state index is 3.60. The highest BCUT2D eigenvalue weighted by Crippen LogP contribution is 2.26. The van der Waals surface area contributed by atoms with Crippen LogP contribution in [0, 0.1) is 0 Å². The van der Waals surface area contributed by atoms with E-state index in [2.05, 4.69) is 40.5 Å². The summed E-state index contributed by atoms with van der Waals surface area (Å²) in [6.45, 7) is 5.01. The molecule has 2 heteroatoms. The van der Waals surface area contributed by atoms with Crippen molar-refractivity contribution in [3.05, 3.63) is 35.9 Å². The molecule has 1 saturated heterocycles. The van der Waals surface area contributed by atoms with Gasteiger partial charge in [-0.15, -0.1) is 0 Å². The summed E-state index contributed by atoms with van der Waals surface area (Å²) in [6.07, 6.45) is 5.44. The number of nitrogens with zero attached hydrogens (tertiary/aromatic N) is 1. The van der Waals surface area contributed by atoms with Crippen LogP contribution in [0.2, 0.25) is 0 Å². The van der Waals surface area contributed by atoms with Gasteiger partial charge in [-0.1, -0.05) is 30.3 Å². The van der Waals surface area contributed by atoms with Crippen LogP contribution in [0.1, 0.15) is 37.2 Å². The summed E-state index contributed by atoms with van der Waals surface area (Å²) in [5.41, 5.74) is 1.52. The van der Waals surface area contributed by atoms with Crippen molar-refractivity contribution in [2.24, 2.45) is 0 Å². The van der Waals surface area contributed by atoms with E-state index in [9.17, 15) is 0 Å². The fourth-order valence-corrected chi connectivity index (χ4v) is 2.93. The minimum absolute atomic E-state index is 0.766. The fourth-order valence-electron chi connectivity index (χ4n) is 2.93. The Labute approximate surface area is 110 Å². The van der Waals surface area contributed by atoms with E-state index in [1.54, 1.807) is 0 Å². The van der Waals surface area contributed by atoms with Crippen molar-refractivity contribution in [2.75, 3.05) is 26.2 Å². The highest BCUT2D eigenvalue weighted by atomic mass is 15.1. The molecule has 1 heterocycles. The van der Waals surface area contributed by atoms with Crippen LogP contribution in [0.3, 0.4) is 0 Å². The summed E-state index contributed by atoms with van der Waals surface area (Å²) in [5.74, 6) is 0.766. The highest BCUT2D eigenvalue weighted by molar-refractivity contribution is 5.20. The molecule has 18 heavy (non-hydrogen) atoms. The van der Waals surface area contributed by atoms with E-state index in [0.717, 1.165) is 12.0 Å². The summed E-state index contributed by atoms with van der Waals surface area (Å²) in [5, 5.41) is 3.60. The van der Waals surface area contributed by atoms with Crippen molar-refractivity contribution in [1.82, 2.24) is 10.2 Å². The first-order chi connectivity index (χ1) is 8.92. The van der Waals surface area contributed by atoms with Gasteiger partial charge in [-0.2, -0.15) is 0 Å². The molecule has 2 fully saturated rings. The van der Waals surface area contributed by atoms with E-state index in [1.807, 2.05) is 0 Å². The first kappa shape index (κ1) is 12.2. The van der Waals surface area contributed by atoms with Crippen LogP contribution >= 0.6 is 0 Å². The number of rotatable bonds is 6. The van der Waals surface area contributed by atoms with Gasteiger partial charge < -0.3 is 10.2 Å². The van der Waals surface area contributed by atoms with Gasteiger partial charge in [0, 0.05) is 12.6 Å². The molecule has 1 atom stereocenters. The predicted molar refractivity (Wildman–Crippen MR) is 75.9 cm³/mol. The van der Waals surface area contributed by atoms with E-state index >= 15 is 0 Å². The van der Waals surface area contributed by atoms with Crippen LogP contribution in [0.5, 0.6) is 0 Å². The second-order valence-electron chi connectivity index (χ2n) is 5.78. The van der Waals surface area contributed by atoms with Gasteiger partial charge in [0.15, 0.2) is 0 Å². The Hall–Kier alpha value is -0.860. The lowest BCUT2D eigenvalue weighted by molar-refractivity contribution is 0.326. The van der Waals surface area contributed by atoms with Gasteiger partial charge in [-0.3, -0.25) is 0 Å². The average molecular weight is 244 g/mol. The molecule has 2 aliphatic rings. The molecule has 1 unspecified atom stereocenters. The van der Waals surface area contributed by atoms with Crippen molar-refractivity contribution < 1.29 is 0 Å². The first-order valence-electron chi connectivity index (χ1n) is 7.42. The van der Waals surface area contributed by atoms with Crippen LogP contribution in [0.15, 0.2) is 30.3 Å². The number of likely N-dealkylation sites (tertiary alicyclic amines) is 1. The molecule has 0 aromatic heterocycles. The van der Waals surface area contributed by atoms with Crippen LogP contribution in [-0.4, -0.2) is 37.1 Å². The third-order valence-electron chi connectivity index (χ3n) is 4.20. The van der Waals surface area contributed by atoms with Gasteiger partial charge in [0.1, 0.15) is 0 Å². The Balaban J connectivity index is 1.38. The van der Waals surface area contributed by atoms with E-state index in [1.165, 1.54) is 57.4 Å². The largest absolute Gasteiger partial charge is 0.314 e. The molecule has 3 rings (SSSR count). The average Bonchev–Trinajstić information content (AvgIpc) is 3.12. The Bertz CT molecular complexity index is 359. The minimum Gasteiger partial charge on any atom is -0.314 e. The Morgan fingerprint density at radius 3 is 2.72 bits per heavy atom. The lowest BCUT2D eigenvalue weighted by Gasteiger charge is -2.16. The fraction of sp³-hybridized carbons (Fsp3) is 0.625. The molecule has 1 aromatic rings. The number of hydrogen-bond acceptors (Lipinski definition) is 2. The Morgan fingerprint density at radius 2 is 1.94 bits per heavy atom. The summed E-state index contributed by atoms with van der Waals surface area (Å²) < 4.78 is 0. The van der Waals surface area contributed by atoms with E-state index < -0.39 is 0 Å². The third kappa shape index (κ3) is 3.33. The summed E-state index contributed by atoms with van der Waals surface area (Å²) >= 11 is 0. The zero-order valence-corrected chi connectivity index (χ0v) is 11.1. The van der Waals surface area contributed by atoms with E-state index in [-0.39, 0.29) is 0 Å². The van der Waals surface area contributed by atoms with Crippen LogP contribution in [-0.2, 0) is 0 Å². The molecular formula is C16H24N2. The second-order valence-corrected chi connectivity index (χ2v) is 5.78. The van der Waals surface area contributed by atoms with Gasteiger partial charge in [-0.25, -0.2) is 0 Å². The molecule has 1 N–H and O–H groups in total. The smallest absolute Gasteiger partial charge is 0.00682 e. The van der Waals surface area contributed by atoms with Crippen LogP contribution in [0.25, 0.3) is 0 Å². The first-order valence-corrected chi connectivity index (χ1v) is 7.42. The molecule has 0 bridgehead atoms. The zero-order valence-electron chi connectivity index (χ0n) is 11.1. The van der Waals surface area contributed by atoms with Gasteiger partial charge in [0.05, 0.1) is 0 Å². The molecule has 0 spiro atoms. The summed E-state index contributed by atoms with van der Waals surface area (Å²) in [6, 6.07) is 11.9. The Morgan fingerprint density at radius 1 is 1.11 bits per heavy atom. The molecule has 0 radical (unpaired) electrons. The van der Waals surface area contributed by atoms with E-state index in [0.29, 0.717) is 0 Å². The standard InChI is InChI=1S/C16H24N2/c1-2-5-14(6-3-1)15-9-12-18(13-15)11-4-10-17-16-7-8-16/h1-3,5-6,15-17H,4,7-13H2. The lowest BCUT2D eigenvalue weighted by Crippen LogP contribution is -2.26. The molecule has 1 saturated carbocycles. The molecule has 1 aliphatic carbocycles. The van der Waals surface area contributed by atoms with Crippen molar-refractivity contribution in [3.63, 3.8) is 0 Å². The predicted octanol–water partition coefficient (Wildman–Crippen LogP) is 2.62. The molecule has 2 nitrogen and oxygen atoms in total. The van der Waals surface area contributed by atoms with Gasteiger partial charge in [0.25, 0.3) is 0 Å². The lowest BCUT2D eigenvalue weighted by atomic mass is 9.99. The molecule has 98 valence electrons. The normalized spacial score (nSPS) is 24.6. The molecule has 0 amide bonds. The molecule has 1 aliphatic heterocycles. The number of nitrogens with one attached hydrogen (secondary N) is 1. The maximum Gasteiger partial charge on any atom is 0.00682 e. The number of hydrogen-bond donors (Lipinski definition) is 1. The second kappa shape index (κ2) is 5.85. The van der Waals surface area contributed by atoms with Crippen LogP contribution < -0.4 is 5.32 Å². The maximum atomic E-state index is 3.60. The highest BCUT2D eigenvalue weighted by Gasteiger charge is 2.23. The minimum atomic E-state index is 0.766. The molecular weight excluding hydrogens is 220 g/mol. The van der Waals surface area contributed by atoms with Gasteiger partial charge in [0.2, 0.25) is 0 Å². The third-order valence-corrected chi connectivity index (χ3v) is 4.20. The zero-order chi connectivity index (χ0) is 12.2. The quantitative estimate of drug-likeness (QED) is 0.774. The molecule has 1 aromatic carbocycles. The van der Waals surface area contributed by atoms with Crippen molar-refractivity contribution >= 4 is 0 Å². The summed E-state index contributed by atoms with van der Waals surface area (Å²) in [4.78, 5) is 2.63. The number of benzene rings is 1. The topological polar surface area (TPSA) is 15.3 Å². The van der Waals surface area contributed by atoms with Gasteiger partial charge in [-0.05, 0) is 56.8 Å². The van der Waals surface area contributed by atoms with Crippen molar-refractivity contribution in [1.29, 1.82) is 0 Å². The monoisotopic (exact) mass is 244 g/mol. The van der Waals surface area contributed by atoms with E-state index in [4.69, 9.17) is 0 Å². The van der Waals surface area contributed by atoms with Crippen LogP contribution in [0.4, 0.5) is 0 Å². The summed E-state index contributed by atoms with van der Waals surface area (Å²) in [7, 11) is 0.